The van der Waals surface area contributed by atoms with E-state index >= 15 is 0 Å². The fourth-order valence-electron chi connectivity index (χ4n) is 1.76. The van der Waals surface area contributed by atoms with Gasteiger partial charge in [-0.25, -0.2) is 0 Å². The van der Waals surface area contributed by atoms with Gasteiger partial charge in [-0.3, -0.25) is 24.5 Å². The van der Waals surface area contributed by atoms with Crippen LogP contribution in [0, 0.1) is 10.1 Å². The summed E-state index contributed by atoms with van der Waals surface area (Å²) in [5.41, 5.74) is -0.995. The Morgan fingerprint density at radius 3 is 2.33 bits per heavy atom. The van der Waals surface area contributed by atoms with Crippen LogP contribution in [0.25, 0.3) is 0 Å². The summed E-state index contributed by atoms with van der Waals surface area (Å²) in [6.45, 7) is 5.92. The monoisotopic (exact) mass is 337 g/mol. The standard InChI is InChI=1S/C15H19N3O6/c1-9(19)17-11-5-10(6-12(7-11)18(22)23)14(21)16-8-13(20)24-15(2,3)4/h5-7H,8H2,1-4H3,(H,16,21)(H,17,19). The Morgan fingerprint density at radius 1 is 1.21 bits per heavy atom. The first kappa shape index (κ1) is 19.1. The van der Waals surface area contributed by atoms with Crippen molar-refractivity contribution in [3.05, 3.63) is 33.9 Å². The maximum absolute atomic E-state index is 12.1. The molecule has 0 fully saturated rings. The third kappa shape index (κ3) is 6.42. The third-order valence-electron chi connectivity index (χ3n) is 2.52. The number of benzene rings is 1. The number of esters is 1. The molecular weight excluding hydrogens is 318 g/mol. The molecule has 24 heavy (non-hydrogen) atoms. The van der Waals surface area contributed by atoms with Crippen molar-refractivity contribution in [1.82, 2.24) is 5.32 Å². The van der Waals surface area contributed by atoms with Crippen LogP contribution in [-0.4, -0.2) is 34.9 Å². The molecule has 0 bridgehead atoms. The largest absolute Gasteiger partial charge is 0.459 e. The summed E-state index contributed by atoms with van der Waals surface area (Å²) < 4.78 is 5.04. The molecule has 1 aromatic rings. The van der Waals surface area contributed by atoms with Gasteiger partial charge in [0.25, 0.3) is 11.6 Å². The van der Waals surface area contributed by atoms with Crippen LogP contribution in [0.1, 0.15) is 38.1 Å². The summed E-state index contributed by atoms with van der Waals surface area (Å²) in [7, 11) is 0. The quantitative estimate of drug-likeness (QED) is 0.477. The van der Waals surface area contributed by atoms with Crippen molar-refractivity contribution >= 4 is 29.2 Å². The van der Waals surface area contributed by atoms with Crippen molar-refractivity contribution in [2.45, 2.75) is 33.3 Å². The first-order chi connectivity index (χ1) is 11.0. The topological polar surface area (TPSA) is 128 Å². The minimum atomic E-state index is -0.698. The molecule has 0 saturated carbocycles. The van der Waals surface area contributed by atoms with Crippen LogP contribution in [0.15, 0.2) is 18.2 Å². The van der Waals surface area contributed by atoms with Crippen molar-refractivity contribution in [2.75, 3.05) is 11.9 Å². The molecule has 0 aliphatic carbocycles. The highest BCUT2D eigenvalue weighted by molar-refractivity contribution is 5.98. The molecule has 0 saturated heterocycles. The lowest BCUT2D eigenvalue weighted by Gasteiger charge is -2.19. The van der Waals surface area contributed by atoms with E-state index in [1.807, 2.05) is 0 Å². The van der Waals surface area contributed by atoms with Crippen molar-refractivity contribution in [3.63, 3.8) is 0 Å². The average molecular weight is 337 g/mol. The van der Waals surface area contributed by atoms with E-state index in [2.05, 4.69) is 10.6 Å². The zero-order valence-corrected chi connectivity index (χ0v) is 13.8. The second-order valence-electron chi connectivity index (χ2n) is 5.98. The van der Waals surface area contributed by atoms with Crippen LogP contribution in [0.3, 0.4) is 0 Å². The van der Waals surface area contributed by atoms with Crippen molar-refractivity contribution in [1.29, 1.82) is 0 Å². The third-order valence-corrected chi connectivity index (χ3v) is 2.52. The predicted octanol–water partition coefficient (Wildman–Crippen LogP) is 1.62. The number of carbonyl (C=O) groups is 3. The van der Waals surface area contributed by atoms with E-state index in [1.165, 1.54) is 13.0 Å². The molecule has 0 aliphatic heterocycles. The normalized spacial score (nSPS) is 10.7. The van der Waals surface area contributed by atoms with Crippen molar-refractivity contribution in [2.24, 2.45) is 0 Å². The lowest BCUT2D eigenvalue weighted by atomic mass is 10.1. The van der Waals surface area contributed by atoms with Gasteiger partial charge in [0.1, 0.15) is 12.1 Å². The van der Waals surface area contributed by atoms with Gasteiger partial charge in [0.2, 0.25) is 5.91 Å². The summed E-state index contributed by atoms with van der Waals surface area (Å²) in [5, 5.41) is 15.6. The van der Waals surface area contributed by atoms with Gasteiger partial charge in [-0.15, -0.1) is 0 Å². The number of amides is 2. The van der Waals surface area contributed by atoms with Crippen LogP contribution in [-0.2, 0) is 14.3 Å². The molecule has 0 atom stereocenters. The van der Waals surface area contributed by atoms with Crippen LogP contribution in [0.2, 0.25) is 0 Å². The number of hydrogen-bond acceptors (Lipinski definition) is 6. The predicted molar refractivity (Wildman–Crippen MR) is 85.6 cm³/mol. The number of rotatable bonds is 5. The minimum Gasteiger partial charge on any atom is -0.459 e. The van der Waals surface area contributed by atoms with Crippen molar-refractivity contribution < 1.29 is 24.0 Å². The number of nitrogens with one attached hydrogen (secondary N) is 2. The average Bonchev–Trinajstić information content (AvgIpc) is 2.41. The van der Waals surface area contributed by atoms with E-state index in [0.717, 1.165) is 12.1 Å². The molecule has 2 amide bonds. The zero-order valence-electron chi connectivity index (χ0n) is 13.8. The van der Waals surface area contributed by atoms with Crippen LogP contribution in [0.5, 0.6) is 0 Å². The molecule has 1 aromatic carbocycles. The SMILES string of the molecule is CC(=O)Nc1cc(C(=O)NCC(=O)OC(C)(C)C)cc([N+](=O)[O-])c1. The van der Waals surface area contributed by atoms with Gasteiger partial charge in [-0.1, -0.05) is 0 Å². The number of ether oxygens (including phenoxy) is 1. The first-order valence-corrected chi connectivity index (χ1v) is 7.05. The molecule has 0 heterocycles. The van der Waals surface area contributed by atoms with E-state index in [-0.39, 0.29) is 23.5 Å². The number of nitrogens with zero attached hydrogens (tertiary/aromatic N) is 1. The number of anilines is 1. The molecular formula is C15H19N3O6. The molecule has 0 unspecified atom stereocenters. The lowest BCUT2D eigenvalue weighted by molar-refractivity contribution is -0.384. The van der Waals surface area contributed by atoms with E-state index < -0.39 is 28.3 Å². The molecule has 0 spiro atoms. The second-order valence-corrected chi connectivity index (χ2v) is 5.98. The van der Waals surface area contributed by atoms with E-state index in [0.29, 0.717) is 0 Å². The van der Waals surface area contributed by atoms with Crippen LogP contribution >= 0.6 is 0 Å². The maximum atomic E-state index is 12.1. The van der Waals surface area contributed by atoms with Gasteiger partial charge < -0.3 is 15.4 Å². The molecule has 0 radical (unpaired) electrons. The highest BCUT2D eigenvalue weighted by atomic mass is 16.6. The van der Waals surface area contributed by atoms with Gasteiger partial charge in [-0.2, -0.15) is 0 Å². The Bertz CT molecular complexity index is 678. The summed E-state index contributed by atoms with van der Waals surface area (Å²) in [6, 6.07) is 3.46. The van der Waals surface area contributed by atoms with Crippen LogP contribution < -0.4 is 10.6 Å². The Kier molecular flexibility index (Phi) is 5.99. The highest BCUT2D eigenvalue weighted by Crippen LogP contribution is 2.21. The Balaban J connectivity index is 2.89. The number of nitro benzene ring substituents is 1. The molecule has 1 rings (SSSR count). The van der Waals surface area contributed by atoms with Gasteiger partial charge in [0.05, 0.1) is 4.92 Å². The Hall–Kier alpha value is -2.97. The van der Waals surface area contributed by atoms with E-state index in [4.69, 9.17) is 4.74 Å². The van der Waals surface area contributed by atoms with Crippen LogP contribution in [0.4, 0.5) is 11.4 Å². The number of hydrogen-bond donors (Lipinski definition) is 2. The smallest absolute Gasteiger partial charge is 0.325 e. The van der Waals surface area contributed by atoms with Gasteiger partial charge in [0, 0.05) is 30.3 Å². The molecule has 9 nitrogen and oxygen atoms in total. The molecule has 2 N–H and O–H groups in total. The molecule has 130 valence electrons. The zero-order chi connectivity index (χ0) is 18.5. The lowest BCUT2D eigenvalue weighted by Crippen LogP contribution is -2.34. The number of carbonyl (C=O) groups excluding carboxylic acids is 3. The van der Waals surface area contributed by atoms with Crippen molar-refractivity contribution in [3.8, 4) is 0 Å². The minimum absolute atomic E-state index is 0.0588. The second kappa shape index (κ2) is 7.53. The fraction of sp³-hybridized carbons (Fsp3) is 0.400. The van der Waals surface area contributed by atoms with Gasteiger partial charge in [0.15, 0.2) is 0 Å². The van der Waals surface area contributed by atoms with Gasteiger partial charge >= 0.3 is 5.97 Å². The van der Waals surface area contributed by atoms with E-state index in [9.17, 15) is 24.5 Å². The maximum Gasteiger partial charge on any atom is 0.325 e. The first-order valence-electron chi connectivity index (χ1n) is 7.05. The number of nitro groups is 1. The van der Waals surface area contributed by atoms with Gasteiger partial charge in [-0.05, 0) is 26.8 Å². The summed E-state index contributed by atoms with van der Waals surface area (Å²) in [6.07, 6.45) is 0. The Labute approximate surface area is 138 Å². The molecule has 0 aliphatic rings. The molecule has 9 heteroatoms. The van der Waals surface area contributed by atoms with E-state index in [1.54, 1.807) is 20.8 Å². The summed E-state index contributed by atoms with van der Waals surface area (Å²) in [5.74, 6) is -1.77. The summed E-state index contributed by atoms with van der Waals surface area (Å²) >= 11 is 0. The highest BCUT2D eigenvalue weighted by Gasteiger charge is 2.19. The Morgan fingerprint density at radius 2 is 1.83 bits per heavy atom. The fourth-order valence-corrected chi connectivity index (χ4v) is 1.76. The summed E-state index contributed by atoms with van der Waals surface area (Å²) in [4.78, 5) is 45.0. The number of non-ortho nitro benzene ring substituents is 1. The molecule has 0 aromatic heterocycles.